The maximum atomic E-state index is 8.63. The Labute approximate surface area is 96.3 Å². The minimum atomic E-state index is 0.276. The summed E-state index contributed by atoms with van der Waals surface area (Å²) >= 11 is 0. The summed E-state index contributed by atoms with van der Waals surface area (Å²) in [4.78, 5) is 8.22. The van der Waals surface area contributed by atoms with Crippen LogP contribution >= 0.6 is 0 Å². The van der Waals surface area contributed by atoms with Crippen LogP contribution in [0.4, 0.5) is 11.6 Å². The van der Waals surface area contributed by atoms with Crippen molar-refractivity contribution in [2.24, 2.45) is 0 Å². The van der Waals surface area contributed by atoms with E-state index in [0.29, 0.717) is 0 Å². The molecule has 0 fully saturated rings. The van der Waals surface area contributed by atoms with E-state index in [1.165, 1.54) is 0 Å². The molecule has 5 nitrogen and oxygen atoms in total. The van der Waals surface area contributed by atoms with Crippen LogP contribution in [-0.4, -0.2) is 34.8 Å². The number of nitrogens with one attached hydrogen (secondary N) is 2. The van der Waals surface area contributed by atoms with E-state index in [1.807, 2.05) is 13.0 Å². The van der Waals surface area contributed by atoms with E-state index in [-0.39, 0.29) is 6.61 Å². The summed E-state index contributed by atoms with van der Waals surface area (Å²) in [6.45, 7) is 4.04. The zero-order chi connectivity index (χ0) is 11.6. The third-order valence-electron chi connectivity index (χ3n) is 2.17. The number of hydrogen-bond donors (Lipinski definition) is 3. The van der Waals surface area contributed by atoms with Crippen molar-refractivity contribution >= 4 is 11.6 Å². The first-order valence-corrected chi connectivity index (χ1v) is 5.77. The molecule has 0 spiro atoms. The highest BCUT2D eigenvalue weighted by molar-refractivity contribution is 5.46. The van der Waals surface area contributed by atoms with Crippen LogP contribution in [0, 0.1) is 0 Å². The van der Waals surface area contributed by atoms with Gasteiger partial charge in [0.2, 0.25) is 0 Å². The molecule has 1 aromatic heterocycles. The van der Waals surface area contributed by atoms with Crippen molar-refractivity contribution in [1.29, 1.82) is 0 Å². The van der Waals surface area contributed by atoms with Crippen molar-refractivity contribution in [3.05, 3.63) is 12.4 Å². The fourth-order valence-electron chi connectivity index (χ4n) is 1.36. The standard InChI is InChI=1S/C11H20N4O/c1-2-12-10-8-11(15-9-14-10)13-6-4-3-5-7-16/h8-9,16H,2-7H2,1H3,(H2,12,13,14,15). The number of rotatable bonds is 8. The molecule has 1 aromatic rings. The van der Waals surface area contributed by atoms with Crippen LogP contribution in [0.15, 0.2) is 12.4 Å². The first-order chi connectivity index (χ1) is 7.86. The lowest BCUT2D eigenvalue weighted by molar-refractivity contribution is 0.283. The monoisotopic (exact) mass is 224 g/mol. The third-order valence-corrected chi connectivity index (χ3v) is 2.17. The van der Waals surface area contributed by atoms with Gasteiger partial charge in [0, 0.05) is 25.8 Å². The molecule has 3 N–H and O–H groups in total. The highest BCUT2D eigenvalue weighted by atomic mass is 16.2. The van der Waals surface area contributed by atoms with E-state index in [0.717, 1.165) is 44.0 Å². The quantitative estimate of drug-likeness (QED) is 0.583. The molecule has 0 radical (unpaired) electrons. The summed E-state index contributed by atoms with van der Waals surface area (Å²) < 4.78 is 0. The Morgan fingerprint density at radius 3 is 2.56 bits per heavy atom. The Morgan fingerprint density at radius 1 is 1.12 bits per heavy atom. The van der Waals surface area contributed by atoms with Crippen molar-refractivity contribution in [1.82, 2.24) is 9.97 Å². The minimum absolute atomic E-state index is 0.276. The smallest absolute Gasteiger partial charge is 0.131 e. The number of unbranched alkanes of at least 4 members (excludes halogenated alkanes) is 2. The van der Waals surface area contributed by atoms with Crippen LogP contribution in [0.5, 0.6) is 0 Å². The van der Waals surface area contributed by atoms with Crippen LogP contribution in [0.25, 0.3) is 0 Å². The van der Waals surface area contributed by atoms with E-state index >= 15 is 0 Å². The van der Waals surface area contributed by atoms with Crippen LogP contribution in [-0.2, 0) is 0 Å². The van der Waals surface area contributed by atoms with Gasteiger partial charge in [0.25, 0.3) is 0 Å². The predicted molar refractivity (Wildman–Crippen MR) is 65.6 cm³/mol. The maximum Gasteiger partial charge on any atom is 0.131 e. The average molecular weight is 224 g/mol. The Bertz CT molecular complexity index is 293. The number of aromatic nitrogens is 2. The van der Waals surface area contributed by atoms with E-state index in [2.05, 4.69) is 20.6 Å². The molecular weight excluding hydrogens is 204 g/mol. The van der Waals surface area contributed by atoms with Crippen molar-refractivity contribution in [2.75, 3.05) is 30.3 Å². The first-order valence-electron chi connectivity index (χ1n) is 5.77. The average Bonchev–Trinajstić information content (AvgIpc) is 2.30. The lowest BCUT2D eigenvalue weighted by Gasteiger charge is -2.07. The number of nitrogens with zero attached hydrogens (tertiary/aromatic N) is 2. The summed E-state index contributed by atoms with van der Waals surface area (Å²) in [5.74, 6) is 1.69. The second-order valence-electron chi connectivity index (χ2n) is 3.53. The zero-order valence-electron chi connectivity index (χ0n) is 9.74. The number of aliphatic hydroxyl groups excluding tert-OH is 1. The molecule has 5 heteroatoms. The number of aliphatic hydroxyl groups is 1. The molecule has 0 aliphatic heterocycles. The highest BCUT2D eigenvalue weighted by Crippen LogP contribution is 2.08. The van der Waals surface area contributed by atoms with Crippen LogP contribution < -0.4 is 10.6 Å². The normalized spacial score (nSPS) is 10.1. The molecule has 0 unspecified atom stereocenters. The summed E-state index contributed by atoms with van der Waals surface area (Å²) in [7, 11) is 0. The Balaban J connectivity index is 2.27. The molecule has 0 bridgehead atoms. The topological polar surface area (TPSA) is 70.1 Å². The van der Waals surface area contributed by atoms with Gasteiger partial charge in [0.05, 0.1) is 0 Å². The van der Waals surface area contributed by atoms with Crippen molar-refractivity contribution < 1.29 is 5.11 Å². The number of anilines is 2. The van der Waals surface area contributed by atoms with Gasteiger partial charge in [-0.1, -0.05) is 0 Å². The molecular formula is C11H20N4O. The number of hydrogen-bond acceptors (Lipinski definition) is 5. The second-order valence-corrected chi connectivity index (χ2v) is 3.53. The van der Waals surface area contributed by atoms with Gasteiger partial charge in [-0.2, -0.15) is 0 Å². The van der Waals surface area contributed by atoms with Gasteiger partial charge >= 0.3 is 0 Å². The summed E-state index contributed by atoms with van der Waals surface area (Å²) in [6, 6.07) is 1.90. The Hall–Kier alpha value is -1.36. The second kappa shape index (κ2) is 7.87. The van der Waals surface area contributed by atoms with Crippen LogP contribution in [0.2, 0.25) is 0 Å². The lowest BCUT2D eigenvalue weighted by atomic mass is 10.2. The highest BCUT2D eigenvalue weighted by Gasteiger charge is 1.96. The minimum Gasteiger partial charge on any atom is -0.396 e. The van der Waals surface area contributed by atoms with E-state index in [1.54, 1.807) is 6.33 Å². The molecule has 0 aliphatic carbocycles. The van der Waals surface area contributed by atoms with Gasteiger partial charge in [-0.3, -0.25) is 0 Å². The maximum absolute atomic E-state index is 8.63. The lowest BCUT2D eigenvalue weighted by Crippen LogP contribution is -2.06. The molecule has 0 aromatic carbocycles. The van der Waals surface area contributed by atoms with Crippen molar-refractivity contribution in [2.45, 2.75) is 26.2 Å². The molecule has 16 heavy (non-hydrogen) atoms. The zero-order valence-corrected chi connectivity index (χ0v) is 9.74. The summed E-state index contributed by atoms with van der Waals surface area (Å²) in [6.07, 6.45) is 4.50. The molecule has 90 valence electrons. The predicted octanol–water partition coefficient (Wildman–Crippen LogP) is 1.48. The van der Waals surface area contributed by atoms with Crippen molar-refractivity contribution in [3.63, 3.8) is 0 Å². The van der Waals surface area contributed by atoms with Crippen LogP contribution in [0.1, 0.15) is 26.2 Å². The SMILES string of the molecule is CCNc1cc(NCCCCCO)ncn1. The molecule has 1 heterocycles. The van der Waals surface area contributed by atoms with Crippen molar-refractivity contribution in [3.8, 4) is 0 Å². The molecule has 0 saturated heterocycles. The van der Waals surface area contributed by atoms with Gasteiger partial charge in [0.1, 0.15) is 18.0 Å². The van der Waals surface area contributed by atoms with Gasteiger partial charge in [0.15, 0.2) is 0 Å². The van der Waals surface area contributed by atoms with E-state index in [4.69, 9.17) is 5.11 Å². The molecule has 0 saturated carbocycles. The molecule has 0 atom stereocenters. The fourth-order valence-corrected chi connectivity index (χ4v) is 1.36. The largest absolute Gasteiger partial charge is 0.396 e. The Morgan fingerprint density at radius 2 is 1.88 bits per heavy atom. The first kappa shape index (κ1) is 12.7. The van der Waals surface area contributed by atoms with Gasteiger partial charge in [-0.25, -0.2) is 9.97 Å². The van der Waals surface area contributed by atoms with E-state index in [9.17, 15) is 0 Å². The Kier molecular flexibility index (Phi) is 6.25. The molecule has 0 amide bonds. The van der Waals surface area contributed by atoms with Gasteiger partial charge in [-0.05, 0) is 26.2 Å². The fraction of sp³-hybridized carbons (Fsp3) is 0.636. The third kappa shape index (κ3) is 4.93. The summed E-state index contributed by atoms with van der Waals surface area (Å²) in [5, 5.41) is 15.0. The molecule has 0 aliphatic rings. The van der Waals surface area contributed by atoms with Crippen LogP contribution in [0.3, 0.4) is 0 Å². The van der Waals surface area contributed by atoms with Gasteiger partial charge < -0.3 is 15.7 Å². The van der Waals surface area contributed by atoms with Gasteiger partial charge in [-0.15, -0.1) is 0 Å². The van der Waals surface area contributed by atoms with E-state index < -0.39 is 0 Å². The summed E-state index contributed by atoms with van der Waals surface area (Å²) in [5.41, 5.74) is 0. The molecule has 1 rings (SSSR count).